The van der Waals surface area contributed by atoms with Crippen LogP contribution in [0.5, 0.6) is 5.75 Å². The zero-order chi connectivity index (χ0) is 19.2. The van der Waals surface area contributed by atoms with Crippen molar-refractivity contribution in [1.82, 2.24) is 4.98 Å². The molecule has 140 valence electrons. The summed E-state index contributed by atoms with van der Waals surface area (Å²) in [4.78, 5) is 6.29. The molecule has 4 rings (SSSR count). The van der Waals surface area contributed by atoms with Crippen LogP contribution < -0.4 is 14.8 Å². The first kappa shape index (κ1) is 17.7. The van der Waals surface area contributed by atoms with E-state index in [1.54, 1.807) is 24.4 Å². The lowest BCUT2D eigenvalue weighted by atomic mass is 10.1. The molecule has 3 aromatic rings. The van der Waals surface area contributed by atoms with E-state index < -0.39 is 15.8 Å². The molecule has 0 saturated heterocycles. The Morgan fingerprint density at radius 1 is 1.22 bits per heavy atom. The molecule has 1 aromatic heterocycles. The normalized spacial score (nSPS) is 13.8. The number of ether oxygens (including phenoxy) is 1. The molecule has 0 radical (unpaired) electrons. The quantitative estimate of drug-likeness (QED) is 0.744. The van der Waals surface area contributed by atoms with E-state index in [1.807, 2.05) is 17.0 Å². The number of hydrogen-bond acceptors (Lipinski definition) is 5. The Labute approximate surface area is 156 Å². The van der Waals surface area contributed by atoms with Crippen LogP contribution in [0, 0.1) is 5.82 Å². The average molecular weight is 387 g/mol. The number of methoxy groups -OCH3 is 1. The second-order valence-corrected chi connectivity index (χ2v) is 8.12. The number of halogens is 1. The molecule has 1 aliphatic heterocycles. The monoisotopic (exact) mass is 387 g/mol. The van der Waals surface area contributed by atoms with Gasteiger partial charge in [-0.15, -0.1) is 0 Å². The fourth-order valence-electron chi connectivity index (χ4n) is 3.57. The van der Waals surface area contributed by atoms with Crippen LogP contribution in [-0.4, -0.2) is 27.1 Å². The summed E-state index contributed by atoms with van der Waals surface area (Å²) in [6.07, 6.45) is 2.37. The maximum Gasteiger partial charge on any atom is 0.213 e. The van der Waals surface area contributed by atoms with Crippen LogP contribution in [0.2, 0.25) is 0 Å². The first-order valence-electron chi connectivity index (χ1n) is 8.38. The minimum absolute atomic E-state index is 0.201. The third kappa shape index (κ3) is 3.33. The topological polar surface area (TPSA) is 85.5 Å². The van der Waals surface area contributed by atoms with Gasteiger partial charge in [-0.05, 0) is 29.7 Å². The number of anilines is 2. The molecule has 0 amide bonds. The van der Waals surface area contributed by atoms with Crippen LogP contribution in [0.3, 0.4) is 0 Å². The molecule has 6 nitrogen and oxygen atoms in total. The third-order valence-electron chi connectivity index (χ3n) is 4.68. The molecular formula is C19H18FN3O3S. The van der Waals surface area contributed by atoms with Crippen molar-refractivity contribution in [3.8, 4) is 5.75 Å². The fraction of sp³-hybridized carbons (Fsp3) is 0.211. The molecular weight excluding hydrogens is 369 g/mol. The molecule has 0 aliphatic carbocycles. The van der Waals surface area contributed by atoms with E-state index in [2.05, 4.69) is 4.98 Å². The summed E-state index contributed by atoms with van der Waals surface area (Å²) in [7, 11) is -2.10. The highest BCUT2D eigenvalue weighted by Gasteiger charge is 2.24. The minimum Gasteiger partial charge on any atom is -0.497 e. The SMILES string of the molecule is COc1cc(F)c2c(N3CCc4cc(CS(N)(=O)=O)ccc43)ccnc2c1. The van der Waals surface area contributed by atoms with Crippen molar-refractivity contribution < 1.29 is 17.5 Å². The van der Waals surface area contributed by atoms with Crippen molar-refractivity contribution in [3.05, 3.63) is 59.5 Å². The largest absolute Gasteiger partial charge is 0.497 e. The highest BCUT2D eigenvalue weighted by molar-refractivity contribution is 7.88. The number of rotatable bonds is 4. The summed E-state index contributed by atoms with van der Waals surface area (Å²) in [5.41, 5.74) is 3.82. The lowest BCUT2D eigenvalue weighted by molar-refractivity contribution is 0.412. The second-order valence-electron chi connectivity index (χ2n) is 6.51. The van der Waals surface area contributed by atoms with Gasteiger partial charge in [-0.25, -0.2) is 17.9 Å². The van der Waals surface area contributed by atoms with Gasteiger partial charge in [0.05, 0.1) is 29.5 Å². The molecule has 2 N–H and O–H groups in total. The van der Waals surface area contributed by atoms with Crippen LogP contribution >= 0.6 is 0 Å². The van der Waals surface area contributed by atoms with E-state index >= 15 is 0 Å². The summed E-state index contributed by atoms with van der Waals surface area (Å²) in [5.74, 6) is -0.182. The predicted octanol–water partition coefficient (Wildman–Crippen LogP) is 2.87. The Balaban J connectivity index is 1.79. The Bertz CT molecular complexity index is 1150. The number of benzene rings is 2. The zero-order valence-corrected chi connectivity index (χ0v) is 15.5. The lowest BCUT2D eigenvalue weighted by Gasteiger charge is -2.22. The Morgan fingerprint density at radius 2 is 2.04 bits per heavy atom. The summed E-state index contributed by atoms with van der Waals surface area (Å²) in [6, 6.07) is 10.3. The van der Waals surface area contributed by atoms with E-state index in [-0.39, 0.29) is 5.75 Å². The van der Waals surface area contributed by atoms with Gasteiger partial charge in [0.15, 0.2) is 0 Å². The minimum atomic E-state index is -3.58. The summed E-state index contributed by atoms with van der Waals surface area (Å²) in [6.45, 7) is 0.665. The summed E-state index contributed by atoms with van der Waals surface area (Å²) in [5, 5.41) is 5.57. The number of pyridine rings is 1. The van der Waals surface area contributed by atoms with E-state index in [0.717, 1.165) is 23.4 Å². The molecule has 2 aromatic carbocycles. The molecule has 2 heterocycles. The van der Waals surface area contributed by atoms with Gasteiger partial charge in [0.25, 0.3) is 0 Å². The predicted molar refractivity (Wildman–Crippen MR) is 102 cm³/mol. The van der Waals surface area contributed by atoms with Crippen LogP contribution in [0.25, 0.3) is 10.9 Å². The van der Waals surface area contributed by atoms with Gasteiger partial charge in [0, 0.05) is 30.6 Å². The number of hydrogen-bond donors (Lipinski definition) is 1. The maximum atomic E-state index is 14.7. The number of nitrogens with zero attached hydrogens (tertiary/aromatic N) is 2. The zero-order valence-electron chi connectivity index (χ0n) is 14.6. The molecule has 0 bridgehead atoms. The average Bonchev–Trinajstić information content (AvgIpc) is 3.02. The van der Waals surface area contributed by atoms with Crippen molar-refractivity contribution >= 4 is 32.3 Å². The number of primary sulfonamides is 1. The van der Waals surface area contributed by atoms with E-state index in [0.29, 0.717) is 28.8 Å². The Morgan fingerprint density at radius 3 is 2.78 bits per heavy atom. The summed E-state index contributed by atoms with van der Waals surface area (Å²) >= 11 is 0. The fourth-order valence-corrected chi connectivity index (χ4v) is 4.21. The van der Waals surface area contributed by atoms with Gasteiger partial charge >= 0.3 is 0 Å². The van der Waals surface area contributed by atoms with Crippen LogP contribution in [0.4, 0.5) is 15.8 Å². The van der Waals surface area contributed by atoms with Crippen molar-refractivity contribution in [2.45, 2.75) is 12.2 Å². The molecule has 0 unspecified atom stereocenters. The third-order valence-corrected chi connectivity index (χ3v) is 5.41. The van der Waals surface area contributed by atoms with E-state index in [1.165, 1.54) is 13.2 Å². The number of nitrogens with two attached hydrogens (primary N) is 1. The molecule has 0 fully saturated rings. The van der Waals surface area contributed by atoms with Gasteiger partial charge in [-0.1, -0.05) is 12.1 Å². The van der Waals surface area contributed by atoms with Gasteiger partial charge in [0.2, 0.25) is 10.0 Å². The first-order valence-corrected chi connectivity index (χ1v) is 10.1. The molecule has 0 spiro atoms. The summed E-state index contributed by atoms with van der Waals surface area (Å²) < 4.78 is 42.5. The van der Waals surface area contributed by atoms with Gasteiger partial charge in [-0.2, -0.15) is 0 Å². The molecule has 8 heteroatoms. The van der Waals surface area contributed by atoms with Gasteiger partial charge in [0.1, 0.15) is 11.6 Å². The van der Waals surface area contributed by atoms with Gasteiger partial charge in [-0.3, -0.25) is 4.98 Å². The number of aromatic nitrogens is 1. The molecule has 0 atom stereocenters. The Kier molecular flexibility index (Phi) is 4.24. The first-order chi connectivity index (χ1) is 12.9. The van der Waals surface area contributed by atoms with Crippen molar-refractivity contribution in [2.75, 3.05) is 18.6 Å². The van der Waals surface area contributed by atoms with Crippen LogP contribution in [-0.2, 0) is 22.2 Å². The van der Waals surface area contributed by atoms with Crippen LogP contribution in [0.15, 0.2) is 42.6 Å². The molecule has 27 heavy (non-hydrogen) atoms. The standard InChI is InChI=1S/C19H18FN3O3S/c1-26-14-9-15(20)19-16(10-14)22-6-4-18(19)23-7-5-13-8-12(2-3-17(13)23)11-27(21,24)25/h2-4,6,8-10H,5,7,11H2,1H3,(H2,21,24,25). The molecule has 1 aliphatic rings. The van der Waals surface area contributed by atoms with Crippen molar-refractivity contribution in [3.63, 3.8) is 0 Å². The highest BCUT2D eigenvalue weighted by Crippen LogP contribution is 2.39. The lowest BCUT2D eigenvalue weighted by Crippen LogP contribution is -2.15. The van der Waals surface area contributed by atoms with Gasteiger partial charge < -0.3 is 9.64 Å². The van der Waals surface area contributed by atoms with Crippen molar-refractivity contribution in [2.24, 2.45) is 5.14 Å². The second kappa shape index (κ2) is 6.47. The van der Waals surface area contributed by atoms with Crippen molar-refractivity contribution in [1.29, 1.82) is 0 Å². The molecule has 0 saturated carbocycles. The number of fused-ring (bicyclic) bond motifs is 2. The van der Waals surface area contributed by atoms with E-state index in [9.17, 15) is 12.8 Å². The van der Waals surface area contributed by atoms with E-state index in [4.69, 9.17) is 9.88 Å². The number of sulfonamides is 1. The smallest absolute Gasteiger partial charge is 0.213 e. The highest BCUT2D eigenvalue weighted by atomic mass is 32.2. The van der Waals surface area contributed by atoms with Crippen LogP contribution in [0.1, 0.15) is 11.1 Å². The maximum absolute atomic E-state index is 14.7. The Hall–Kier alpha value is -2.71.